The molecule has 0 aliphatic carbocycles. The van der Waals surface area contributed by atoms with E-state index in [2.05, 4.69) is 0 Å². The lowest BCUT2D eigenvalue weighted by molar-refractivity contribution is 0.238. The van der Waals surface area contributed by atoms with E-state index in [1.165, 1.54) is 6.07 Å². The predicted octanol–water partition coefficient (Wildman–Crippen LogP) is 2.54. The summed E-state index contributed by atoms with van der Waals surface area (Å²) in [4.78, 5) is 0. The van der Waals surface area contributed by atoms with Crippen molar-refractivity contribution in [3.05, 3.63) is 59.7 Å². The molecular formula is C14H14O4S. The van der Waals surface area contributed by atoms with Crippen LogP contribution in [0.3, 0.4) is 0 Å². The third-order valence-corrected chi connectivity index (χ3v) is 3.83. The molecule has 4 nitrogen and oxygen atoms in total. The van der Waals surface area contributed by atoms with E-state index in [1.54, 1.807) is 13.0 Å². The lowest BCUT2D eigenvalue weighted by Gasteiger charge is -2.14. The van der Waals surface area contributed by atoms with Crippen LogP contribution in [0, 0.1) is 6.92 Å². The van der Waals surface area contributed by atoms with Crippen LogP contribution in [0.15, 0.2) is 48.5 Å². The van der Waals surface area contributed by atoms with Crippen molar-refractivity contribution >= 4 is 10.1 Å². The first kappa shape index (κ1) is 13.7. The average Bonchev–Trinajstić information content (AvgIpc) is 2.38. The number of aliphatic hydroxyl groups excluding tert-OH is 1. The molecule has 0 saturated carbocycles. The monoisotopic (exact) mass is 278 g/mol. The molecule has 0 aliphatic rings. The fraction of sp³-hybridized carbons (Fsp3) is 0.143. The molecule has 0 radical (unpaired) electrons. The lowest BCUT2D eigenvalue weighted by Crippen LogP contribution is -2.12. The summed E-state index contributed by atoms with van der Waals surface area (Å²) < 4.78 is 31.0. The summed E-state index contributed by atoms with van der Waals surface area (Å²) in [6, 6.07) is 14.4. The second kappa shape index (κ2) is 5.13. The summed E-state index contributed by atoms with van der Waals surface area (Å²) in [5.41, 5.74) is 0.629. The first-order valence-corrected chi connectivity index (χ1v) is 7.21. The minimum atomic E-state index is -4.52. The molecule has 2 aromatic carbocycles. The Morgan fingerprint density at radius 3 is 2.21 bits per heavy atom. The molecule has 2 aromatic rings. The second-order valence-electron chi connectivity index (χ2n) is 4.25. The maximum Gasteiger partial charge on any atom is 0.296 e. The van der Waals surface area contributed by atoms with E-state index in [4.69, 9.17) is 4.55 Å². The van der Waals surface area contributed by atoms with Crippen LogP contribution >= 0.6 is 0 Å². The van der Waals surface area contributed by atoms with Gasteiger partial charge in [-0.05, 0) is 23.6 Å². The van der Waals surface area contributed by atoms with Crippen molar-refractivity contribution in [2.75, 3.05) is 0 Å². The molecule has 1 atom stereocenters. The van der Waals surface area contributed by atoms with Gasteiger partial charge < -0.3 is 5.11 Å². The van der Waals surface area contributed by atoms with Crippen molar-refractivity contribution in [2.45, 2.75) is 12.4 Å². The second-order valence-corrected chi connectivity index (χ2v) is 5.73. The van der Waals surface area contributed by atoms with Crippen LogP contribution in [0.4, 0.5) is 0 Å². The quantitative estimate of drug-likeness (QED) is 0.846. The molecule has 2 rings (SSSR count). The lowest BCUT2D eigenvalue weighted by atomic mass is 9.97. The third-order valence-electron chi connectivity index (χ3n) is 3.01. The molecule has 0 spiro atoms. The van der Waals surface area contributed by atoms with Crippen LogP contribution in [0.1, 0.15) is 16.6 Å². The van der Waals surface area contributed by atoms with Crippen LogP contribution in [-0.4, -0.2) is 18.1 Å². The Labute approximate surface area is 112 Å². The minimum Gasteiger partial charge on any atom is -0.371 e. The summed E-state index contributed by atoms with van der Waals surface area (Å²) in [6.07, 6.45) is 0. The van der Waals surface area contributed by atoms with E-state index in [0.29, 0.717) is 5.56 Å². The van der Waals surface area contributed by atoms with Gasteiger partial charge in [0.1, 0.15) is 0 Å². The fourth-order valence-corrected chi connectivity index (χ4v) is 2.59. The molecule has 2 N–H and O–H groups in total. The van der Waals surface area contributed by atoms with E-state index in [9.17, 15) is 13.5 Å². The number of hydrogen-bond donors (Lipinski definition) is 2. The Balaban J connectivity index is 2.57. The van der Waals surface area contributed by atoms with Gasteiger partial charge in [-0.3, -0.25) is 4.55 Å². The summed E-state index contributed by atoms with van der Waals surface area (Å²) in [6.45, 7) is 1.71. The van der Waals surface area contributed by atoms with Gasteiger partial charge in [0, 0.05) is 5.56 Å². The maximum atomic E-state index is 11.0. The van der Waals surface area contributed by atoms with Crippen molar-refractivity contribution in [3.63, 3.8) is 0 Å². The highest BCUT2D eigenvalue weighted by atomic mass is 32.2. The zero-order valence-corrected chi connectivity index (χ0v) is 11.1. The molecular weight excluding hydrogens is 264 g/mol. The van der Waals surface area contributed by atoms with Gasteiger partial charge in [-0.2, -0.15) is 8.42 Å². The van der Waals surface area contributed by atoms with Gasteiger partial charge in [-0.1, -0.05) is 48.5 Å². The molecule has 0 fully saturated rings. The molecule has 0 bridgehead atoms. The Morgan fingerprint density at radius 1 is 1.00 bits per heavy atom. The van der Waals surface area contributed by atoms with Crippen LogP contribution in [0.2, 0.25) is 0 Å². The van der Waals surface area contributed by atoms with E-state index in [-0.39, 0.29) is 5.56 Å². The van der Waals surface area contributed by atoms with Crippen LogP contribution in [0.5, 0.6) is 0 Å². The molecule has 1 unspecified atom stereocenters. The van der Waals surface area contributed by atoms with Crippen LogP contribution < -0.4 is 0 Å². The molecule has 5 heteroatoms. The van der Waals surface area contributed by atoms with Crippen molar-refractivity contribution in [1.82, 2.24) is 0 Å². The van der Waals surface area contributed by atoms with E-state index >= 15 is 0 Å². The Bertz CT molecular complexity index is 678. The summed E-state index contributed by atoms with van der Waals surface area (Å²) in [7, 11) is -4.52. The van der Waals surface area contributed by atoms with Crippen molar-refractivity contribution in [3.8, 4) is 11.1 Å². The Hall–Kier alpha value is -1.69. The highest BCUT2D eigenvalue weighted by molar-refractivity contribution is 7.85. The topological polar surface area (TPSA) is 74.6 Å². The summed E-state index contributed by atoms with van der Waals surface area (Å²) in [5.74, 6) is 0. The number of rotatable bonds is 3. The van der Waals surface area contributed by atoms with Gasteiger partial charge in [0.15, 0.2) is 0 Å². The van der Waals surface area contributed by atoms with Crippen molar-refractivity contribution in [2.24, 2.45) is 0 Å². The van der Waals surface area contributed by atoms with Gasteiger partial charge in [0.25, 0.3) is 10.1 Å². The molecule has 0 saturated heterocycles. The third kappa shape index (κ3) is 2.84. The molecule has 100 valence electrons. The number of hydrogen-bond acceptors (Lipinski definition) is 3. The number of aliphatic hydroxyl groups is 1. The summed E-state index contributed by atoms with van der Waals surface area (Å²) >= 11 is 0. The van der Waals surface area contributed by atoms with Crippen molar-refractivity contribution < 1.29 is 18.1 Å². The fourth-order valence-electron chi connectivity index (χ4n) is 2.01. The molecule has 0 aromatic heterocycles. The smallest absolute Gasteiger partial charge is 0.296 e. The van der Waals surface area contributed by atoms with Gasteiger partial charge in [-0.15, -0.1) is 0 Å². The minimum absolute atomic E-state index is 0.184. The maximum absolute atomic E-state index is 11.0. The molecule has 0 amide bonds. The summed E-state index contributed by atoms with van der Waals surface area (Å²) in [5, 5.41) is 9.67. The largest absolute Gasteiger partial charge is 0.371 e. The SMILES string of the molecule is Cc1c(-c2ccccc2)cccc1C(O)S(=O)(=O)O. The van der Waals surface area contributed by atoms with Gasteiger partial charge in [0.2, 0.25) is 5.44 Å². The normalized spacial score (nSPS) is 13.2. The molecule has 19 heavy (non-hydrogen) atoms. The number of benzene rings is 2. The standard InChI is InChI=1S/C14H14O4S/c1-10-12(11-6-3-2-4-7-11)8-5-9-13(10)14(15)19(16,17)18/h2-9,14-15H,1H3,(H,16,17,18). The van der Waals surface area contributed by atoms with E-state index in [1.807, 2.05) is 36.4 Å². The molecule has 0 heterocycles. The Kier molecular flexibility index (Phi) is 3.71. The van der Waals surface area contributed by atoms with Gasteiger partial charge >= 0.3 is 0 Å². The van der Waals surface area contributed by atoms with Crippen LogP contribution in [-0.2, 0) is 10.1 Å². The predicted molar refractivity (Wildman–Crippen MR) is 73.1 cm³/mol. The zero-order valence-electron chi connectivity index (χ0n) is 10.3. The first-order valence-electron chi connectivity index (χ1n) is 5.70. The van der Waals surface area contributed by atoms with E-state index < -0.39 is 15.6 Å². The highest BCUT2D eigenvalue weighted by Crippen LogP contribution is 2.30. The Morgan fingerprint density at radius 2 is 1.63 bits per heavy atom. The highest BCUT2D eigenvalue weighted by Gasteiger charge is 2.24. The average molecular weight is 278 g/mol. The van der Waals surface area contributed by atoms with Crippen LogP contribution in [0.25, 0.3) is 11.1 Å². The van der Waals surface area contributed by atoms with Gasteiger partial charge in [-0.25, -0.2) is 0 Å². The first-order chi connectivity index (χ1) is 8.91. The molecule has 0 aliphatic heterocycles. The van der Waals surface area contributed by atoms with Crippen molar-refractivity contribution in [1.29, 1.82) is 0 Å². The van der Waals surface area contributed by atoms with E-state index in [0.717, 1.165) is 11.1 Å². The van der Waals surface area contributed by atoms with Gasteiger partial charge in [0.05, 0.1) is 0 Å². The zero-order chi connectivity index (χ0) is 14.0.